The highest BCUT2D eigenvalue weighted by Gasteiger charge is 2.06. The zero-order chi connectivity index (χ0) is 10.8. The Hall–Kier alpha value is -1.61. The van der Waals surface area contributed by atoms with E-state index in [1.807, 2.05) is 24.4 Å². The summed E-state index contributed by atoms with van der Waals surface area (Å²) in [6.07, 6.45) is 2.95. The lowest BCUT2D eigenvalue weighted by atomic mass is 10.1. The molecular formula is C12H15N2O+. The summed E-state index contributed by atoms with van der Waals surface area (Å²) in [6, 6.07) is 5.77. The molecule has 4 N–H and O–H groups in total. The monoisotopic (exact) mass is 203 g/mol. The molecule has 0 saturated heterocycles. The SMILES string of the molecule is CC(=O)c1ccc2[nH]cc(CC[NH3+])c2c1. The Morgan fingerprint density at radius 2 is 2.27 bits per heavy atom. The molecule has 0 saturated carbocycles. The van der Waals surface area contributed by atoms with Gasteiger partial charge in [0.25, 0.3) is 0 Å². The van der Waals surface area contributed by atoms with Gasteiger partial charge in [-0.25, -0.2) is 0 Å². The molecule has 0 unspecified atom stereocenters. The van der Waals surface area contributed by atoms with Gasteiger partial charge in [0.2, 0.25) is 0 Å². The highest BCUT2D eigenvalue weighted by Crippen LogP contribution is 2.20. The number of hydrogen-bond donors (Lipinski definition) is 2. The van der Waals surface area contributed by atoms with Crippen molar-refractivity contribution in [3.63, 3.8) is 0 Å². The molecule has 3 nitrogen and oxygen atoms in total. The van der Waals surface area contributed by atoms with Crippen LogP contribution in [0.1, 0.15) is 22.8 Å². The quantitative estimate of drug-likeness (QED) is 0.722. The first-order valence-electron chi connectivity index (χ1n) is 5.12. The molecule has 1 aromatic carbocycles. The average molecular weight is 203 g/mol. The number of H-pyrrole nitrogens is 1. The second-order valence-electron chi connectivity index (χ2n) is 3.73. The number of ketones is 1. The van der Waals surface area contributed by atoms with Crippen LogP contribution in [0.3, 0.4) is 0 Å². The molecule has 0 spiro atoms. The largest absolute Gasteiger partial charge is 0.361 e. The Kier molecular flexibility index (Phi) is 2.56. The summed E-state index contributed by atoms with van der Waals surface area (Å²) in [5.41, 5.74) is 6.94. The Morgan fingerprint density at radius 1 is 1.47 bits per heavy atom. The average Bonchev–Trinajstić information content (AvgIpc) is 2.61. The number of benzene rings is 1. The van der Waals surface area contributed by atoms with Crippen molar-refractivity contribution >= 4 is 16.7 Å². The van der Waals surface area contributed by atoms with Gasteiger partial charge in [-0.2, -0.15) is 0 Å². The Morgan fingerprint density at radius 3 is 2.93 bits per heavy atom. The molecule has 0 aliphatic heterocycles. The Bertz CT molecular complexity index is 499. The van der Waals surface area contributed by atoms with Gasteiger partial charge in [0.05, 0.1) is 6.54 Å². The number of carbonyl (C=O) groups is 1. The van der Waals surface area contributed by atoms with Gasteiger partial charge in [0.1, 0.15) is 0 Å². The van der Waals surface area contributed by atoms with Crippen molar-refractivity contribution in [3.8, 4) is 0 Å². The molecule has 0 fully saturated rings. The summed E-state index contributed by atoms with van der Waals surface area (Å²) >= 11 is 0. The highest BCUT2D eigenvalue weighted by atomic mass is 16.1. The molecule has 1 heterocycles. The van der Waals surface area contributed by atoms with Crippen LogP contribution in [0.2, 0.25) is 0 Å². The summed E-state index contributed by atoms with van der Waals surface area (Å²) in [7, 11) is 0. The van der Waals surface area contributed by atoms with E-state index in [4.69, 9.17) is 0 Å². The first kappa shape index (κ1) is 9.93. The van der Waals surface area contributed by atoms with Crippen LogP contribution in [-0.4, -0.2) is 17.3 Å². The third kappa shape index (κ3) is 1.78. The topological polar surface area (TPSA) is 60.5 Å². The first-order chi connectivity index (χ1) is 7.22. The third-order valence-electron chi connectivity index (χ3n) is 2.62. The van der Waals surface area contributed by atoms with Crippen LogP contribution >= 0.6 is 0 Å². The van der Waals surface area contributed by atoms with Crippen LogP contribution in [0.4, 0.5) is 0 Å². The lowest BCUT2D eigenvalue weighted by Gasteiger charge is -1.98. The standard InChI is InChI=1S/C12H14N2O/c1-8(15)9-2-3-12-11(6-9)10(4-5-13)7-14-12/h2-3,6-7,14H,4-5,13H2,1H3/p+1. The van der Waals surface area contributed by atoms with E-state index in [1.165, 1.54) is 5.56 Å². The van der Waals surface area contributed by atoms with Gasteiger partial charge in [-0.15, -0.1) is 0 Å². The van der Waals surface area contributed by atoms with Crippen molar-refractivity contribution in [1.82, 2.24) is 4.98 Å². The maximum absolute atomic E-state index is 11.3. The van der Waals surface area contributed by atoms with E-state index in [0.717, 1.165) is 29.4 Å². The van der Waals surface area contributed by atoms with Crippen LogP contribution in [0, 0.1) is 0 Å². The molecular weight excluding hydrogens is 188 g/mol. The van der Waals surface area contributed by atoms with E-state index in [2.05, 4.69) is 10.7 Å². The highest BCUT2D eigenvalue weighted by molar-refractivity contribution is 5.98. The lowest BCUT2D eigenvalue weighted by molar-refractivity contribution is -0.366. The van der Waals surface area contributed by atoms with Crippen LogP contribution < -0.4 is 5.73 Å². The van der Waals surface area contributed by atoms with Crippen LogP contribution in [0.25, 0.3) is 10.9 Å². The van der Waals surface area contributed by atoms with E-state index in [-0.39, 0.29) is 5.78 Å². The van der Waals surface area contributed by atoms with Crippen LogP contribution in [0.15, 0.2) is 24.4 Å². The zero-order valence-corrected chi connectivity index (χ0v) is 8.84. The van der Waals surface area contributed by atoms with Gasteiger partial charge in [-0.3, -0.25) is 4.79 Å². The number of hydrogen-bond acceptors (Lipinski definition) is 1. The normalized spacial score (nSPS) is 10.8. The number of quaternary nitrogens is 1. The Labute approximate surface area is 88.3 Å². The number of rotatable bonds is 3. The Balaban J connectivity index is 2.56. The molecule has 0 amide bonds. The molecule has 1 aromatic heterocycles. The lowest BCUT2D eigenvalue weighted by Crippen LogP contribution is -2.51. The zero-order valence-electron chi connectivity index (χ0n) is 8.84. The van der Waals surface area contributed by atoms with Gasteiger partial charge in [-0.05, 0) is 30.7 Å². The summed E-state index contributed by atoms with van der Waals surface area (Å²) < 4.78 is 0. The van der Waals surface area contributed by atoms with Crippen LogP contribution in [-0.2, 0) is 6.42 Å². The van der Waals surface area contributed by atoms with Crippen molar-refractivity contribution in [1.29, 1.82) is 0 Å². The molecule has 0 radical (unpaired) electrons. The molecule has 2 aromatic rings. The third-order valence-corrected chi connectivity index (χ3v) is 2.62. The molecule has 2 rings (SSSR count). The van der Waals surface area contributed by atoms with Gasteiger partial charge in [0, 0.05) is 29.1 Å². The van der Waals surface area contributed by atoms with Crippen LogP contribution in [0.5, 0.6) is 0 Å². The summed E-state index contributed by atoms with van der Waals surface area (Å²) in [4.78, 5) is 14.5. The minimum Gasteiger partial charge on any atom is -0.361 e. The minimum absolute atomic E-state index is 0.110. The van der Waals surface area contributed by atoms with E-state index < -0.39 is 0 Å². The number of aromatic nitrogens is 1. The number of carbonyl (C=O) groups excluding carboxylic acids is 1. The fourth-order valence-corrected chi connectivity index (χ4v) is 1.79. The molecule has 3 heteroatoms. The van der Waals surface area contributed by atoms with E-state index in [9.17, 15) is 4.79 Å². The van der Waals surface area contributed by atoms with Gasteiger partial charge in [-0.1, -0.05) is 0 Å². The van der Waals surface area contributed by atoms with E-state index in [0.29, 0.717) is 0 Å². The maximum atomic E-state index is 11.3. The minimum atomic E-state index is 0.110. The molecule has 0 aliphatic carbocycles. The van der Waals surface area contributed by atoms with E-state index >= 15 is 0 Å². The second kappa shape index (κ2) is 3.87. The smallest absolute Gasteiger partial charge is 0.159 e. The number of fused-ring (bicyclic) bond motifs is 1. The number of aromatic amines is 1. The first-order valence-corrected chi connectivity index (χ1v) is 5.12. The van der Waals surface area contributed by atoms with Crippen molar-refractivity contribution in [2.75, 3.05) is 6.54 Å². The predicted molar refractivity (Wildman–Crippen MR) is 59.8 cm³/mol. The van der Waals surface area contributed by atoms with Crippen molar-refractivity contribution in [3.05, 3.63) is 35.5 Å². The number of nitrogens with one attached hydrogen (secondary N) is 1. The summed E-state index contributed by atoms with van der Waals surface area (Å²) in [6.45, 7) is 2.46. The molecule has 15 heavy (non-hydrogen) atoms. The molecule has 0 aliphatic rings. The van der Waals surface area contributed by atoms with Crippen molar-refractivity contribution in [2.45, 2.75) is 13.3 Å². The summed E-state index contributed by atoms with van der Waals surface area (Å²) in [5.74, 6) is 0.110. The molecule has 0 atom stereocenters. The second-order valence-corrected chi connectivity index (χ2v) is 3.73. The fourth-order valence-electron chi connectivity index (χ4n) is 1.79. The van der Waals surface area contributed by atoms with Crippen molar-refractivity contribution < 1.29 is 10.5 Å². The maximum Gasteiger partial charge on any atom is 0.159 e. The van der Waals surface area contributed by atoms with Gasteiger partial charge < -0.3 is 10.7 Å². The molecule has 0 bridgehead atoms. The molecule has 78 valence electrons. The van der Waals surface area contributed by atoms with Gasteiger partial charge >= 0.3 is 0 Å². The van der Waals surface area contributed by atoms with E-state index in [1.54, 1.807) is 6.92 Å². The predicted octanol–water partition coefficient (Wildman–Crippen LogP) is 1.15. The fraction of sp³-hybridized carbons (Fsp3) is 0.250. The summed E-state index contributed by atoms with van der Waals surface area (Å²) in [5, 5.41) is 1.14. The van der Waals surface area contributed by atoms with Gasteiger partial charge in [0.15, 0.2) is 5.78 Å². The number of Topliss-reactive ketones (excluding diaryl/α,β-unsaturated/α-hetero) is 1. The van der Waals surface area contributed by atoms with Crippen molar-refractivity contribution in [2.24, 2.45) is 0 Å².